The van der Waals surface area contributed by atoms with Crippen LogP contribution in [0.15, 0.2) is 77.8 Å². The van der Waals surface area contributed by atoms with Crippen molar-refractivity contribution in [1.29, 1.82) is 0 Å². The molecule has 0 atom stereocenters. The van der Waals surface area contributed by atoms with Crippen LogP contribution in [0.3, 0.4) is 0 Å². The summed E-state index contributed by atoms with van der Waals surface area (Å²) in [5.74, 6) is 0.863. The number of anilines is 1. The molecule has 1 N–H and O–H groups in total. The van der Waals surface area contributed by atoms with E-state index in [1.807, 2.05) is 60.7 Å². The number of nitrogens with zero attached hydrogens (tertiary/aromatic N) is 3. The molecule has 1 aromatic heterocycles. The Morgan fingerprint density at radius 1 is 1.12 bits per heavy atom. The lowest BCUT2D eigenvalue weighted by molar-refractivity contribution is 0.206. The summed E-state index contributed by atoms with van der Waals surface area (Å²) in [6.45, 7) is 4.26. The Morgan fingerprint density at radius 2 is 1.80 bits per heavy atom. The van der Waals surface area contributed by atoms with E-state index in [4.69, 9.17) is 4.52 Å². The number of hydrogen-bond donors (Lipinski definition) is 1. The van der Waals surface area contributed by atoms with Crippen LogP contribution >= 0.6 is 0 Å². The first-order chi connectivity index (χ1) is 12.3. The molecule has 0 radical (unpaired) electrons. The Kier molecular flexibility index (Phi) is 5.21. The zero-order chi connectivity index (χ0) is 17.5. The fourth-order valence-electron chi connectivity index (χ4n) is 2.29. The molecular weight excluding hydrogens is 316 g/mol. The van der Waals surface area contributed by atoms with Crippen molar-refractivity contribution in [2.24, 2.45) is 0 Å². The molecule has 0 spiro atoms. The molecule has 0 saturated carbocycles. The molecule has 2 amide bonds. The maximum absolute atomic E-state index is 12.5. The second kappa shape index (κ2) is 7.92. The monoisotopic (exact) mass is 334 g/mol. The molecule has 3 rings (SSSR count). The largest absolute Gasteiger partial charge is 0.337 e. The zero-order valence-corrected chi connectivity index (χ0v) is 13.6. The summed E-state index contributed by atoms with van der Waals surface area (Å²) in [6, 6.07) is 18.5. The Morgan fingerprint density at radius 3 is 2.48 bits per heavy atom. The quantitative estimate of drug-likeness (QED) is 0.693. The van der Waals surface area contributed by atoms with E-state index >= 15 is 0 Å². The van der Waals surface area contributed by atoms with Gasteiger partial charge in [0.1, 0.15) is 6.54 Å². The number of para-hydroxylation sites is 1. The summed E-state index contributed by atoms with van der Waals surface area (Å²) < 4.78 is 5.28. The minimum absolute atomic E-state index is 0.199. The smallest absolute Gasteiger partial charge is 0.322 e. The van der Waals surface area contributed by atoms with Crippen molar-refractivity contribution < 1.29 is 9.32 Å². The second-order valence-electron chi connectivity index (χ2n) is 5.34. The van der Waals surface area contributed by atoms with Gasteiger partial charge in [0.25, 0.3) is 0 Å². The van der Waals surface area contributed by atoms with Gasteiger partial charge in [-0.2, -0.15) is 4.98 Å². The summed E-state index contributed by atoms with van der Waals surface area (Å²) in [6.07, 6.45) is 1.65. The molecule has 0 aliphatic carbocycles. The average molecular weight is 334 g/mol. The van der Waals surface area contributed by atoms with Crippen LogP contribution < -0.4 is 5.32 Å². The van der Waals surface area contributed by atoms with E-state index in [1.165, 1.54) is 0 Å². The third kappa shape index (κ3) is 4.32. The number of nitrogens with one attached hydrogen (secondary N) is 1. The first-order valence-electron chi connectivity index (χ1n) is 7.86. The summed E-state index contributed by atoms with van der Waals surface area (Å²) in [5, 5.41) is 6.81. The molecule has 1 heterocycles. The molecule has 2 aromatic carbocycles. The van der Waals surface area contributed by atoms with E-state index in [9.17, 15) is 4.79 Å². The molecule has 6 nitrogen and oxygen atoms in total. The van der Waals surface area contributed by atoms with Crippen LogP contribution in [0.4, 0.5) is 10.5 Å². The lowest BCUT2D eigenvalue weighted by Gasteiger charge is -2.19. The van der Waals surface area contributed by atoms with Crippen molar-refractivity contribution in [1.82, 2.24) is 15.0 Å². The van der Waals surface area contributed by atoms with E-state index in [-0.39, 0.29) is 12.6 Å². The summed E-state index contributed by atoms with van der Waals surface area (Å²) >= 11 is 0. The molecule has 0 aliphatic heterocycles. The SMILES string of the molecule is C=CCN(Cc1nc(-c2ccccc2)no1)C(=O)Nc1ccccc1. The van der Waals surface area contributed by atoms with Gasteiger partial charge in [-0.1, -0.05) is 59.8 Å². The number of urea groups is 1. The zero-order valence-electron chi connectivity index (χ0n) is 13.6. The number of rotatable bonds is 6. The Balaban J connectivity index is 1.70. The average Bonchev–Trinajstić information content (AvgIpc) is 3.11. The number of amides is 2. The van der Waals surface area contributed by atoms with Crippen LogP contribution in [-0.4, -0.2) is 27.6 Å². The molecule has 126 valence electrons. The highest BCUT2D eigenvalue weighted by Crippen LogP contribution is 2.16. The molecule has 6 heteroatoms. The number of carbonyl (C=O) groups excluding carboxylic acids is 1. The van der Waals surface area contributed by atoms with Gasteiger partial charge in [-0.05, 0) is 12.1 Å². The normalized spacial score (nSPS) is 10.2. The van der Waals surface area contributed by atoms with Crippen molar-refractivity contribution >= 4 is 11.7 Å². The highest BCUT2D eigenvalue weighted by atomic mass is 16.5. The Labute approximate surface area is 145 Å². The van der Waals surface area contributed by atoms with Crippen molar-refractivity contribution in [2.75, 3.05) is 11.9 Å². The summed E-state index contributed by atoms with van der Waals surface area (Å²) in [4.78, 5) is 18.4. The van der Waals surface area contributed by atoms with Crippen LogP contribution in [0.1, 0.15) is 5.89 Å². The van der Waals surface area contributed by atoms with Crippen LogP contribution in [0.25, 0.3) is 11.4 Å². The molecular formula is C19H18N4O2. The van der Waals surface area contributed by atoms with Gasteiger partial charge in [0.15, 0.2) is 0 Å². The highest BCUT2D eigenvalue weighted by molar-refractivity contribution is 5.89. The lowest BCUT2D eigenvalue weighted by atomic mass is 10.2. The van der Waals surface area contributed by atoms with Gasteiger partial charge in [-0.15, -0.1) is 6.58 Å². The fraction of sp³-hybridized carbons (Fsp3) is 0.105. The minimum Gasteiger partial charge on any atom is -0.337 e. The van der Waals surface area contributed by atoms with Gasteiger partial charge in [0, 0.05) is 17.8 Å². The first kappa shape index (κ1) is 16.4. The maximum atomic E-state index is 12.5. The van der Waals surface area contributed by atoms with E-state index in [0.29, 0.717) is 18.3 Å². The maximum Gasteiger partial charge on any atom is 0.322 e. The van der Waals surface area contributed by atoms with Crippen molar-refractivity contribution in [3.63, 3.8) is 0 Å². The second-order valence-corrected chi connectivity index (χ2v) is 5.34. The standard InChI is InChI=1S/C19H18N4O2/c1-2-13-23(19(24)20-16-11-7-4-8-12-16)14-17-21-18(22-25-17)15-9-5-3-6-10-15/h2-12H,1,13-14H2,(H,20,24). The van der Waals surface area contributed by atoms with Crippen LogP contribution in [0, 0.1) is 0 Å². The molecule has 25 heavy (non-hydrogen) atoms. The van der Waals surface area contributed by atoms with Gasteiger partial charge >= 0.3 is 6.03 Å². The minimum atomic E-state index is -0.259. The molecule has 0 unspecified atom stereocenters. The van der Waals surface area contributed by atoms with Gasteiger partial charge in [-0.3, -0.25) is 0 Å². The third-order valence-corrected chi connectivity index (χ3v) is 3.49. The molecule has 0 bridgehead atoms. The topological polar surface area (TPSA) is 71.3 Å². The van der Waals surface area contributed by atoms with Gasteiger partial charge in [0.05, 0.1) is 0 Å². The first-order valence-corrected chi connectivity index (χ1v) is 7.86. The summed E-state index contributed by atoms with van der Waals surface area (Å²) in [5.41, 5.74) is 1.58. The molecule has 3 aromatic rings. The van der Waals surface area contributed by atoms with E-state index in [1.54, 1.807) is 11.0 Å². The number of aromatic nitrogens is 2. The van der Waals surface area contributed by atoms with Crippen LogP contribution in [-0.2, 0) is 6.54 Å². The molecule has 0 aliphatic rings. The molecule has 0 saturated heterocycles. The Bertz CT molecular complexity index is 831. The van der Waals surface area contributed by atoms with Crippen LogP contribution in [0.5, 0.6) is 0 Å². The van der Waals surface area contributed by atoms with Gasteiger partial charge in [0.2, 0.25) is 11.7 Å². The third-order valence-electron chi connectivity index (χ3n) is 3.49. The number of carbonyl (C=O) groups is 1. The highest BCUT2D eigenvalue weighted by Gasteiger charge is 2.17. The fourth-order valence-corrected chi connectivity index (χ4v) is 2.29. The van der Waals surface area contributed by atoms with Crippen molar-refractivity contribution in [3.05, 3.63) is 79.2 Å². The van der Waals surface area contributed by atoms with Crippen molar-refractivity contribution in [3.8, 4) is 11.4 Å². The Hall–Kier alpha value is -3.41. The van der Waals surface area contributed by atoms with Crippen molar-refractivity contribution in [2.45, 2.75) is 6.54 Å². The molecule has 0 fully saturated rings. The summed E-state index contributed by atoms with van der Waals surface area (Å²) in [7, 11) is 0. The van der Waals surface area contributed by atoms with E-state index in [2.05, 4.69) is 22.0 Å². The van der Waals surface area contributed by atoms with Crippen LogP contribution in [0.2, 0.25) is 0 Å². The van der Waals surface area contributed by atoms with Gasteiger partial charge in [-0.25, -0.2) is 4.79 Å². The van der Waals surface area contributed by atoms with Gasteiger partial charge < -0.3 is 14.7 Å². The lowest BCUT2D eigenvalue weighted by Crippen LogP contribution is -2.34. The predicted molar refractivity (Wildman–Crippen MR) is 95.8 cm³/mol. The number of hydrogen-bond acceptors (Lipinski definition) is 4. The van der Waals surface area contributed by atoms with E-state index < -0.39 is 0 Å². The predicted octanol–water partition coefficient (Wildman–Crippen LogP) is 3.96. The number of benzene rings is 2. The van der Waals surface area contributed by atoms with E-state index in [0.717, 1.165) is 11.3 Å².